The van der Waals surface area contributed by atoms with Gasteiger partial charge in [0.05, 0.1) is 10.2 Å². The first kappa shape index (κ1) is 13.8. The summed E-state index contributed by atoms with van der Waals surface area (Å²) in [6, 6.07) is 5.85. The Kier molecular flexibility index (Phi) is 3.25. The molecule has 0 aliphatic rings. The average molecular weight is 300 g/mol. The van der Waals surface area contributed by atoms with Crippen LogP contribution in [0.25, 0.3) is 10.2 Å². The van der Waals surface area contributed by atoms with Crippen LogP contribution in [0.4, 0.5) is 0 Å². The lowest BCUT2D eigenvalue weighted by atomic mass is 10.1. The second-order valence-electron chi connectivity index (χ2n) is 5.09. The van der Waals surface area contributed by atoms with Crippen molar-refractivity contribution in [1.82, 2.24) is 14.3 Å². The topological polar surface area (TPSA) is 52.2 Å². The molecule has 0 bridgehead atoms. The molecule has 6 heteroatoms. The van der Waals surface area contributed by atoms with Gasteiger partial charge < -0.3 is 4.57 Å². The fourth-order valence-corrected chi connectivity index (χ4v) is 3.39. The van der Waals surface area contributed by atoms with E-state index in [1.54, 1.807) is 24.0 Å². The molecule has 5 nitrogen and oxygen atoms in total. The van der Waals surface area contributed by atoms with E-state index in [0.717, 1.165) is 10.2 Å². The lowest BCUT2D eigenvalue weighted by Gasteiger charge is -2.03. The number of benzene rings is 1. The van der Waals surface area contributed by atoms with E-state index in [-0.39, 0.29) is 5.91 Å². The van der Waals surface area contributed by atoms with Crippen LogP contribution in [-0.4, -0.2) is 20.3 Å². The number of carbonyl (C=O) groups excluding carboxylic acids is 1. The summed E-state index contributed by atoms with van der Waals surface area (Å²) in [7, 11) is 3.72. The van der Waals surface area contributed by atoms with Gasteiger partial charge in [0.25, 0.3) is 5.91 Å². The number of aromatic nitrogens is 3. The van der Waals surface area contributed by atoms with Gasteiger partial charge in [-0.05, 0) is 37.1 Å². The minimum Gasteiger partial charge on any atom is -0.319 e. The first-order valence-electron chi connectivity index (χ1n) is 6.62. The molecule has 0 saturated carbocycles. The van der Waals surface area contributed by atoms with Crippen LogP contribution in [0, 0.1) is 13.8 Å². The van der Waals surface area contributed by atoms with Crippen molar-refractivity contribution in [1.29, 1.82) is 0 Å². The monoisotopic (exact) mass is 300 g/mol. The molecule has 21 heavy (non-hydrogen) atoms. The molecule has 0 atom stereocenters. The van der Waals surface area contributed by atoms with E-state index < -0.39 is 0 Å². The quantitative estimate of drug-likeness (QED) is 0.692. The molecule has 0 aliphatic carbocycles. The molecule has 3 rings (SSSR count). The van der Waals surface area contributed by atoms with Crippen LogP contribution >= 0.6 is 11.3 Å². The van der Waals surface area contributed by atoms with Gasteiger partial charge in [-0.25, -0.2) is 0 Å². The molecule has 1 aromatic carbocycles. The Morgan fingerprint density at radius 3 is 2.67 bits per heavy atom. The van der Waals surface area contributed by atoms with Gasteiger partial charge in [0.15, 0.2) is 10.5 Å². The first-order chi connectivity index (χ1) is 9.97. The number of amides is 1. The van der Waals surface area contributed by atoms with Gasteiger partial charge in [-0.15, -0.1) is 0 Å². The van der Waals surface area contributed by atoms with Crippen molar-refractivity contribution >= 4 is 27.5 Å². The minimum absolute atomic E-state index is 0.313. The maximum absolute atomic E-state index is 12.2. The van der Waals surface area contributed by atoms with Crippen molar-refractivity contribution in [2.45, 2.75) is 13.8 Å². The van der Waals surface area contributed by atoms with Crippen molar-refractivity contribution in [3.63, 3.8) is 0 Å². The smallest absolute Gasteiger partial charge is 0.300 e. The highest BCUT2D eigenvalue weighted by Crippen LogP contribution is 2.22. The Bertz CT molecular complexity index is 914. The van der Waals surface area contributed by atoms with Crippen LogP contribution in [0.15, 0.2) is 29.4 Å². The highest BCUT2D eigenvalue weighted by atomic mass is 32.1. The van der Waals surface area contributed by atoms with Gasteiger partial charge in [-0.2, -0.15) is 10.1 Å². The summed E-state index contributed by atoms with van der Waals surface area (Å²) in [5, 5.41) is 4.09. The maximum atomic E-state index is 12.2. The van der Waals surface area contributed by atoms with Gasteiger partial charge in [-0.1, -0.05) is 17.4 Å². The predicted octanol–water partition coefficient (Wildman–Crippen LogP) is 2.33. The lowest BCUT2D eigenvalue weighted by molar-refractivity contribution is 0.0992. The zero-order valence-electron chi connectivity index (χ0n) is 12.4. The second-order valence-corrected chi connectivity index (χ2v) is 6.10. The van der Waals surface area contributed by atoms with Crippen molar-refractivity contribution in [3.05, 3.63) is 46.0 Å². The van der Waals surface area contributed by atoms with E-state index in [4.69, 9.17) is 0 Å². The molecule has 0 radical (unpaired) electrons. The normalized spacial score (nSPS) is 12.3. The molecular weight excluding hydrogens is 284 g/mol. The lowest BCUT2D eigenvalue weighted by Crippen LogP contribution is -2.14. The van der Waals surface area contributed by atoms with Crippen LogP contribution in [-0.2, 0) is 14.1 Å². The Balaban J connectivity index is 2.17. The van der Waals surface area contributed by atoms with Crippen molar-refractivity contribution in [2.24, 2.45) is 19.1 Å². The molecule has 2 heterocycles. The number of thiazole rings is 1. The van der Waals surface area contributed by atoms with E-state index in [0.29, 0.717) is 10.5 Å². The highest BCUT2D eigenvalue weighted by molar-refractivity contribution is 7.16. The molecule has 0 aliphatic heterocycles. The molecule has 0 fully saturated rings. The number of aryl methyl sites for hydroxylation is 4. The number of hydrogen-bond donors (Lipinski definition) is 0. The molecule has 3 aromatic rings. The van der Waals surface area contributed by atoms with Gasteiger partial charge in [0.2, 0.25) is 0 Å². The molecule has 0 unspecified atom stereocenters. The van der Waals surface area contributed by atoms with Crippen LogP contribution < -0.4 is 4.80 Å². The Labute approximate surface area is 126 Å². The Morgan fingerprint density at radius 1 is 1.24 bits per heavy atom. The number of fused-ring (bicyclic) bond motifs is 1. The number of nitrogens with zero attached hydrogens (tertiary/aromatic N) is 4. The first-order valence-corrected chi connectivity index (χ1v) is 7.43. The molecule has 0 spiro atoms. The third kappa shape index (κ3) is 2.31. The van der Waals surface area contributed by atoms with Crippen LogP contribution in [0.5, 0.6) is 0 Å². The molecule has 108 valence electrons. The summed E-state index contributed by atoms with van der Waals surface area (Å²) in [6.45, 7) is 4.18. The van der Waals surface area contributed by atoms with Crippen LogP contribution in [0.2, 0.25) is 0 Å². The van der Waals surface area contributed by atoms with Gasteiger partial charge >= 0.3 is 0 Å². The van der Waals surface area contributed by atoms with Crippen molar-refractivity contribution in [2.75, 3.05) is 0 Å². The largest absolute Gasteiger partial charge is 0.319 e. The van der Waals surface area contributed by atoms with Crippen LogP contribution in [0.3, 0.4) is 0 Å². The predicted molar refractivity (Wildman–Crippen MR) is 83.4 cm³/mol. The molecule has 1 amide bonds. The summed E-state index contributed by atoms with van der Waals surface area (Å²) in [5.74, 6) is -0.313. The Morgan fingerprint density at radius 2 is 2.00 bits per heavy atom. The zero-order chi connectivity index (χ0) is 15.1. The molecule has 0 saturated heterocycles. The van der Waals surface area contributed by atoms with Crippen molar-refractivity contribution < 1.29 is 4.79 Å². The summed E-state index contributed by atoms with van der Waals surface area (Å²) in [5.41, 5.74) is 3.95. The number of hydrogen-bond acceptors (Lipinski definition) is 3. The third-order valence-corrected chi connectivity index (χ3v) is 4.72. The van der Waals surface area contributed by atoms with E-state index >= 15 is 0 Å². The van der Waals surface area contributed by atoms with Gasteiger partial charge in [-0.3, -0.25) is 9.48 Å². The Hall–Kier alpha value is -2.21. The summed E-state index contributed by atoms with van der Waals surface area (Å²) in [6.07, 6.45) is 1.74. The second kappa shape index (κ2) is 4.96. The fourth-order valence-electron chi connectivity index (χ4n) is 2.31. The van der Waals surface area contributed by atoms with Gasteiger partial charge in [0.1, 0.15) is 0 Å². The van der Waals surface area contributed by atoms with E-state index in [1.807, 2.05) is 11.6 Å². The number of rotatable bonds is 1. The highest BCUT2D eigenvalue weighted by Gasteiger charge is 2.11. The third-order valence-electron chi connectivity index (χ3n) is 3.62. The zero-order valence-corrected chi connectivity index (χ0v) is 13.2. The molecule has 0 N–H and O–H groups in total. The van der Waals surface area contributed by atoms with Crippen LogP contribution in [0.1, 0.15) is 21.6 Å². The molecule has 2 aromatic heterocycles. The minimum atomic E-state index is -0.313. The summed E-state index contributed by atoms with van der Waals surface area (Å²) in [4.78, 5) is 17.1. The maximum Gasteiger partial charge on any atom is 0.300 e. The average Bonchev–Trinajstić information content (AvgIpc) is 3.00. The number of carbonyl (C=O) groups is 1. The summed E-state index contributed by atoms with van der Waals surface area (Å²) >= 11 is 1.52. The SMILES string of the molecule is Cc1ccc2sc(=NC(=O)c3ccn(C)n3)n(C)c2c1C. The molecular formula is C15H16N4OS. The van der Waals surface area contributed by atoms with E-state index in [9.17, 15) is 4.79 Å². The van der Waals surface area contributed by atoms with Gasteiger partial charge in [0, 0.05) is 20.3 Å². The van der Waals surface area contributed by atoms with E-state index in [1.165, 1.54) is 22.5 Å². The van der Waals surface area contributed by atoms with Crippen molar-refractivity contribution in [3.8, 4) is 0 Å². The fraction of sp³-hybridized carbons (Fsp3) is 0.267. The van der Waals surface area contributed by atoms with E-state index in [2.05, 4.69) is 36.1 Å². The summed E-state index contributed by atoms with van der Waals surface area (Å²) < 4.78 is 4.71. The standard InChI is InChI=1S/C15H16N4OS/c1-9-5-6-12-13(10(9)2)19(4)15(21-12)16-14(20)11-7-8-18(3)17-11/h5-8H,1-4H3.